The molecule has 3 heterocycles. The number of carbonyl (C=O) groups excluding carboxylic acids is 1. The lowest BCUT2D eigenvalue weighted by Gasteiger charge is -2.43. The van der Waals surface area contributed by atoms with Gasteiger partial charge in [-0.05, 0) is 37.0 Å². The van der Waals surface area contributed by atoms with Gasteiger partial charge in [0, 0.05) is 31.6 Å². The van der Waals surface area contributed by atoms with Gasteiger partial charge < -0.3 is 14.2 Å². The Balaban J connectivity index is 1.54. The predicted octanol–water partition coefficient (Wildman–Crippen LogP) is 2.02. The van der Waals surface area contributed by atoms with E-state index >= 15 is 0 Å². The molecule has 4 rings (SSSR count). The molecule has 0 saturated carbocycles. The molecule has 1 N–H and O–H groups in total. The number of hydrogen-bond acceptors (Lipinski definition) is 5. The minimum atomic E-state index is -3.49. The van der Waals surface area contributed by atoms with Crippen LogP contribution in [-0.2, 0) is 21.4 Å². The fourth-order valence-electron chi connectivity index (χ4n) is 4.55. The van der Waals surface area contributed by atoms with E-state index in [2.05, 4.69) is 4.72 Å². The predicted molar refractivity (Wildman–Crippen MR) is 118 cm³/mol. The smallest absolute Gasteiger partial charge is 0.260 e. The Labute approximate surface area is 181 Å². The first-order valence-corrected chi connectivity index (χ1v) is 12.2. The highest BCUT2D eigenvalue weighted by Gasteiger charge is 2.38. The van der Waals surface area contributed by atoms with Gasteiger partial charge in [0.1, 0.15) is 5.75 Å². The standard InChI is InChI=1S/C22H27N3O5S/c1-2-10-31(28,29)23-19-8-9-20(26)25-13-16-11-17(22(19)25)14-24(12-16)21(27)15-30-18-6-4-3-5-7-18/h3-9,16-17,23H,2,10-15H2,1H3/t16-,17+/m0/s1. The molecular weight excluding hydrogens is 418 g/mol. The van der Waals surface area contributed by atoms with E-state index in [1.807, 2.05) is 18.2 Å². The minimum absolute atomic E-state index is 0.0142. The summed E-state index contributed by atoms with van der Waals surface area (Å²) in [7, 11) is -3.49. The molecular formula is C22H27N3O5S. The Morgan fingerprint density at radius 2 is 1.90 bits per heavy atom. The van der Waals surface area contributed by atoms with Crippen LogP contribution in [0.15, 0.2) is 47.3 Å². The van der Waals surface area contributed by atoms with Gasteiger partial charge in [-0.3, -0.25) is 14.3 Å². The summed E-state index contributed by atoms with van der Waals surface area (Å²) in [5.41, 5.74) is 0.964. The molecule has 2 atom stereocenters. The van der Waals surface area contributed by atoms with Gasteiger partial charge in [-0.2, -0.15) is 0 Å². The molecule has 1 amide bonds. The average molecular weight is 446 g/mol. The van der Waals surface area contributed by atoms with Gasteiger partial charge in [-0.25, -0.2) is 8.42 Å². The number of fused-ring (bicyclic) bond motifs is 4. The van der Waals surface area contributed by atoms with E-state index in [9.17, 15) is 18.0 Å². The van der Waals surface area contributed by atoms with E-state index in [1.54, 1.807) is 34.6 Å². The van der Waals surface area contributed by atoms with Gasteiger partial charge in [0.25, 0.3) is 11.5 Å². The molecule has 0 radical (unpaired) electrons. The zero-order valence-corrected chi connectivity index (χ0v) is 18.3. The summed E-state index contributed by atoms with van der Waals surface area (Å²) in [5, 5.41) is 0. The number of carbonyl (C=O) groups is 1. The number of piperidine rings is 1. The number of amides is 1. The topological polar surface area (TPSA) is 97.7 Å². The maximum Gasteiger partial charge on any atom is 0.260 e. The number of rotatable bonds is 7. The molecule has 8 nitrogen and oxygen atoms in total. The molecule has 1 saturated heterocycles. The molecule has 1 aromatic heterocycles. The van der Waals surface area contributed by atoms with Crippen molar-refractivity contribution in [3.63, 3.8) is 0 Å². The lowest BCUT2D eigenvalue weighted by molar-refractivity contribution is -0.136. The first-order valence-electron chi connectivity index (χ1n) is 10.6. The van der Waals surface area contributed by atoms with Crippen LogP contribution in [0.5, 0.6) is 5.75 Å². The van der Waals surface area contributed by atoms with E-state index < -0.39 is 10.0 Å². The van der Waals surface area contributed by atoms with Crippen molar-refractivity contribution < 1.29 is 17.9 Å². The number of nitrogens with one attached hydrogen (secondary N) is 1. The number of sulfonamides is 1. The second kappa shape index (κ2) is 8.74. The number of likely N-dealkylation sites (tertiary alicyclic amines) is 1. The Kier molecular flexibility index (Phi) is 6.04. The van der Waals surface area contributed by atoms with Crippen molar-refractivity contribution in [2.24, 2.45) is 5.92 Å². The van der Waals surface area contributed by atoms with E-state index in [0.29, 0.717) is 43.2 Å². The molecule has 1 fully saturated rings. The van der Waals surface area contributed by atoms with Gasteiger partial charge in [-0.1, -0.05) is 25.1 Å². The van der Waals surface area contributed by atoms with Crippen molar-refractivity contribution in [2.75, 3.05) is 30.2 Å². The number of pyridine rings is 1. The molecule has 2 aliphatic rings. The van der Waals surface area contributed by atoms with Crippen molar-refractivity contribution in [1.29, 1.82) is 0 Å². The zero-order valence-electron chi connectivity index (χ0n) is 17.5. The van der Waals surface area contributed by atoms with Gasteiger partial charge in [-0.15, -0.1) is 0 Å². The maximum atomic E-state index is 12.8. The monoisotopic (exact) mass is 445 g/mol. The summed E-state index contributed by atoms with van der Waals surface area (Å²) in [6, 6.07) is 12.1. The van der Waals surface area contributed by atoms with Crippen LogP contribution in [0.2, 0.25) is 0 Å². The van der Waals surface area contributed by atoms with Gasteiger partial charge in [0.05, 0.1) is 17.1 Å². The summed E-state index contributed by atoms with van der Waals surface area (Å²) in [6.07, 6.45) is 1.31. The molecule has 0 spiro atoms. The third-order valence-electron chi connectivity index (χ3n) is 5.79. The maximum absolute atomic E-state index is 12.8. The van der Waals surface area contributed by atoms with Crippen molar-refractivity contribution in [3.8, 4) is 5.75 Å². The van der Waals surface area contributed by atoms with E-state index in [4.69, 9.17) is 4.74 Å². The van der Waals surface area contributed by atoms with Crippen LogP contribution in [-0.4, -0.2) is 49.2 Å². The Bertz CT molecular complexity index is 1110. The number of hydrogen-bond donors (Lipinski definition) is 1. The number of benzene rings is 1. The second-order valence-electron chi connectivity index (χ2n) is 8.20. The normalized spacial score (nSPS) is 20.1. The Morgan fingerprint density at radius 3 is 2.65 bits per heavy atom. The molecule has 9 heteroatoms. The quantitative estimate of drug-likeness (QED) is 0.703. The summed E-state index contributed by atoms with van der Waals surface area (Å²) < 4.78 is 34.6. The van der Waals surface area contributed by atoms with Crippen LogP contribution in [0, 0.1) is 5.92 Å². The number of para-hydroxylation sites is 1. The Hall–Kier alpha value is -2.81. The molecule has 2 aromatic rings. The zero-order chi connectivity index (χ0) is 22.0. The summed E-state index contributed by atoms with van der Waals surface area (Å²) in [6.45, 7) is 3.21. The van der Waals surface area contributed by atoms with Gasteiger partial charge >= 0.3 is 0 Å². The van der Waals surface area contributed by atoms with Crippen molar-refractivity contribution in [2.45, 2.75) is 32.2 Å². The molecule has 31 heavy (non-hydrogen) atoms. The second-order valence-corrected chi connectivity index (χ2v) is 10.0. The minimum Gasteiger partial charge on any atom is -0.484 e. The van der Waals surface area contributed by atoms with Crippen molar-refractivity contribution >= 4 is 21.6 Å². The number of aromatic nitrogens is 1. The van der Waals surface area contributed by atoms with E-state index in [1.165, 1.54) is 6.07 Å². The molecule has 2 aliphatic heterocycles. The van der Waals surface area contributed by atoms with Gasteiger partial charge in [0.15, 0.2) is 6.61 Å². The van der Waals surface area contributed by atoms with Crippen LogP contribution in [0.1, 0.15) is 31.4 Å². The summed E-state index contributed by atoms with van der Waals surface area (Å²) in [4.78, 5) is 27.1. The summed E-state index contributed by atoms with van der Waals surface area (Å²) in [5.74, 6) is 0.574. The lowest BCUT2D eigenvalue weighted by Crippen LogP contribution is -2.50. The van der Waals surface area contributed by atoms with Crippen LogP contribution in [0.25, 0.3) is 0 Å². The fraction of sp³-hybridized carbons (Fsp3) is 0.455. The van der Waals surface area contributed by atoms with Crippen LogP contribution < -0.4 is 15.0 Å². The van der Waals surface area contributed by atoms with Crippen LogP contribution in [0.4, 0.5) is 5.69 Å². The van der Waals surface area contributed by atoms with E-state index in [-0.39, 0.29) is 35.7 Å². The van der Waals surface area contributed by atoms with Crippen LogP contribution >= 0.6 is 0 Å². The van der Waals surface area contributed by atoms with Crippen molar-refractivity contribution in [3.05, 3.63) is 58.5 Å². The molecule has 1 aromatic carbocycles. The highest BCUT2D eigenvalue weighted by atomic mass is 32.2. The first-order chi connectivity index (χ1) is 14.9. The fourth-order valence-corrected chi connectivity index (χ4v) is 5.69. The molecule has 2 bridgehead atoms. The third kappa shape index (κ3) is 4.76. The SMILES string of the molecule is CCCS(=O)(=O)Nc1ccc(=O)n2c1[C@@H]1C[C@@H](CN(C(=O)COc3ccccc3)C1)C2. The lowest BCUT2D eigenvalue weighted by atomic mass is 9.82. The average Bonchev–Trinajstić information content (AvgIpc) is 2.74. The molecule has 166 valence electrons. The largest absolute Gasteiger partial charge is 0.484 e. The molecule has 0 aliphatic carbocycles. The number of ether oxygens (including phenoxy) is 1. The summed E-state index contributed by atoms with van der Waals surface area (Å²) >= 11 is 0. The van der Waals surface area contributed by atoms with Gasteiger partial charge in [0.2, 0.25) is 10.0 Å². The number of nitrogens with zero attached hydrogens (tertiary/aromatic N) is 2. The van der Waals surface area contributed by atoms with Crippen molar-refractivity contribution in [1.82, 2.24) is 9.47 Å². The Morgan fingerprint density at radius 1 is 1.13 bits per heavy atom. The van der Waals surface area contributed by atoms with Crippen LogP contribution in [0.3, 0.4) is 0 Å². The highest BCUT2D eigenvalue weighted by Crippen LogP contribution is 2.38. The third-order valence-corrected chi connectivity index (χ3v) is 7.26. The number of anilines is 1. The highest BCUT2D eigenvalue weighted by molar-refractivity contribution is 7.92. The van der Waals surface area contributed by atoms with E-state index in [0.717, 1.165) is 6.42 Å². The molecule has 0 unspecified atom stereocenters. The first kappa shape index (κ1) is 21.4.